The smallest absolute Gasteiger partial charge is 0.305 e. The van der Waals surface area contributed by atoms with E-state index in [1.54, 1.807) is 0 Å². The molecule has 0 aliphatic carbocycles. The van der Waals surface area contributed by atoms with Crippen LogP contribution in [0.1, 0.15) is 23.2 Å². The average molecular weight is 307 g/mol. The molecule has 0 saturated heterocycles. The van der Waals surface area contributed by atoms with Gasteiger partial charge in [-0.15, -0.1) is 0 Å². The maximum Gasteiger partial charge on any atom is 0.305 e. The highest BCUT2D eigenvalue weighted by atomic mass is 16.5. The first-order chi connectivity index (χ1) is 11.2. The van der Waals surface area contributed by atoms with E-state index in [1.807, 2.05) is 6.07 Å². The van der Waals surface area contributed by atoms with Gasteiger partial charge in [0.15, 0.2) is 0 Å². The van der Waals surface area contributed by atoms with E-state index in [-0.39, 0.29) is 5.97 Å². The molecule has 2 aromatic carbocycles. The fraction of sp³-hybridized carbons (Fsp3) is 0.250. The van der Waals surface area contributed by atoms with Gasteiger partial charge in [0.1, 0.15) is 0 Å². The number of hydrogen-bond donors (Lipinski definition) is 0. The Kier molecular flexibility index (Phi) is 4.47. The molecule has 0 fully saturated rings. The van der Waals surface area contributed by atoms with Crippen LogP contribution in [0.4, 0.5) is 0 Å². The summed E-state index contributed by atoms with van der Waals surface area (Å²) in [5, 5.41) is 1.23. The molecule has 0 N–H and O–H groups in total. The van der Waals surface area contributed by atoms with Crippen molar-refractivity contribution in [2.24, 2.45) is 0 Å². The van der Waals surface area contributed by atoms with E-state index < -0.39 is 0 Å². The molecular weight excluding hydrogens is 286 g/mol. The fourth-order valence-corrected chi connectivity index (χ4v) is 3.01. The number of methoxy groups -OCH3 is 1. The number of fused-ring (bicyclic) bond motifs is 1. The largest absolute Gasteiger partial charge is 0.469 e. The van der Waals surface area contributed by atoms with E-state index in [4.69, 9.17) is 4.74 Å². The zero-order valence-corrected chi connectivity index (χ0v) is 13.6. The molecule has 1 heterocycles. The summed E-state index contributed by atoms with van der Waals surface area (Å²) in [5.41, 5.74) is 4.93. The number of rotatable bonds is 5. The van der Waals surface area contributed by atoms with Crippen LogP contribution in [0.25, 0.3) is 10.9 Å². The number of nitrogens with zero attached hydrogens (tertiary/aromatic N) is 1. The first-order valence-corrected chi connectivity index (χ1v) is 7.87. The Hall–Kier alpha value is -2.55. The van der Waals surface area contributed by atoms with E-state index in [0.717, 1.165) is 6.54 Å². The van der Waals surface area contributed by atoms with Gasteiger partial charge in [-0.05, 0) is 36.6 Å². The van der Waals surface area contributed by atoms with Gasteiger partial charge in [0.25, 0.3) is 0 Å². The van der Waals surface area contributed by atoms with Crippen LogP contribution in [-0.4, -0.2) is 17.6 Å². The Morgan fingerprint density at radius 3 is 2.61 bits per heavy atom. The van der Waals surface area contributed by atoms with Crippen LogP contribution < -0.4 is 0 Å². The minimum absolute atomic E-state index is 0.164. The number of ether oxygens (including phenoxy) is 1. The van der Waals surface area contributed by atoms with Crippen LogP contribution in [-0.2, 0) is 22.5 Å². The molecule has 118 valence electrons. The molecule has 3 rings (SSSR count). The number of esters is 1. The van der Waals surface area contributed by atoms with Gasteiger partial charge in [0.05, 0.1) is 7.11 Å². The van der Waals surface area contributed by atoms with E-state index in [2.05, 4.69) is 60.0 Å². The molecule has 0 bridgehead atoms. The van der Waals surface area contributed by atoms with Crippen LogP contribution in [0.5, 0.6) is 0 Å². The fourth-order valence-electron chi connectivity index (χ4n) is 3.01. The summed E-state index contributed by atoms with van der Waals surface area (Å²) in [6.07, 6.45) is 1.12. The molecule has 3 heteroatoms. The van der Waals surface area contributed by atoms with E-state index >= 15 is 0 Å². The summed E-state index contributed by atoms with van der Waals surface area (Å²) < 4.78 is 7.07. The van der Waals surface area contributed by atoms with Crippen molar-refractivity contribution in [2.45, 2.75) is 26.3 Å². The third-order valence-electron chi connectivity index (χ3n) is 4.25. The van der Waals surface area contributed by atoms with E-state index in [9.17, 15) is 4.79 Å². The minimum atomic E-state index is -0.164. The quantitative estimate of drug-likeness (QED) is 0.664. The number of carbonyl (C=O) groups excluding carboxylic acids is 1. The van der Waals surface area contributed by atoms with Gasteiger partial charge in [-0.2, -0.15) is 0 Å². The van der Waals surface area contributed by atoms with Crippen LogP contribution >= 0.6 is 0 Å². The zero-order valence-electron chi connectivity index (χ0n) is 13.6. The van der Waals surface area contributed by atoms with E-state index in [1.165, 1.54) is 34.8 Å². The lowest BCUT2D eigenvalue weighted by Crippen LogP contribution is -2.03. The average Bonchev–Trinajstić information content (AvgIpc) is 2.90. The third-order valence-corrected chi connectivity index (χ3v) is 4.25. The summed E-state index contributed by atoms with van der Waals surface area (Å²) in [6, 6.07) is 19.0. The third kappa shape index (κ3) is 3.29. The van der Waals surface area contributed by atoms with Crippen molar-refractivity contribution in [1.82, 2.24) is 4.57 Å². The molecule has 0 amide bonds. The lowest BCUT2D eigenvalue weighted by molar-refractivity contribution is -0.140. The van der Waals surface area contributed by atoms with Crippen LogP contribution in [0.3, 0.4) is 0 Å². The number of carbonyl (C=O) groups is 1. The number of hydrogen-bond acceptors (Lipinski definition) is 2. The standard InChI is InChI=1S/C20H21NO2/c1-15-13-18-17(11-12-20(22)23-2)9-6-10-19(18)21(15)14-16-7-4-3-5-8-16/h3-10,13H,11-12,14H2,1-2H3. The highest BCUT2D eigenvalue weighted by Gasteiger charge is 2.11. The van der Waals surface area contributed by atoms with Crippen molar-refractivity contribution in [1.29, 1.82) is 0 Å². The predicted octanol–water partition coefficient (Wildman–Crippen LogP) is 4.10. The van der Waals surface area contributed by atoms with Gasteiger partial charge in [0, 0.05) is 29.6 Å². The molecule has 0 radical (unpaired) electrons. The first-order valence-electron chi connectivity index (χ1n) is 7.87. The Labute approximate surface area is 136 Å². The van der Waals surface area contributed by atoms with Gasteiger partial charge in [-0.25, -0.2) is 0 Å². The molecule has 23 heavy (non-hydrogen) atoms. The molecule has 1 aromatic heterocycles. The lowest BCUT2D eigenvalue weighted by Gasteiger charge is -2.09. The van der Waals surface area contributed by atoms with Crippen molar-refractivity contribution in [3.63, 3.8) is 0 Å². The van der Waals surface area contributed by atoms with Gasteiger partial charge in [-0.1, -0.05) is 42.5 Å². The minimum Gasteiger partial charge on any atom is -0.469 e. The van der Waals surface area contributed by atoms with Crippen LogP contribution in [0.15, 0.2) is 54.6 Å². The molecule has 0 saturated carbocycles. The van der Waals surface area contributed by atoms with Crippen molar-refractivity contribution in [3.05, 3.63) is 71.4 Å². The molecule has 3 aromatic rings. The van der Waals surface area contributed by atoms with Crippen molar-refractivity contribution < 1.29 is 9.53 Å². The summed E-state index contributed by atoms with van der Waals surface area (Å²) in [4.78, 5) is 11.4. The summed E-state index contributed by atoms with van der Waals surface area (Å²) >= 11 is 0. The maximum atomic E-state index is 11.4. The summed E-state index contributed by atoms with van der Waals surface area (Å²) in [6.45, 7) is 2.99. The molecular formula is C20H21NO2. The predicted molar refractivity (Wildman–Crippen MR) is 92.6 cm³/mol. The molecule has 0 spiro atoms. The molecule has 0 aliphatic rings. The van der Waals surface area contributed by atoms with Crippen molar-refractivity contribution in [2.75, 3.05) is 7.11 Å². The molecule has 3 nitrogen and oxygen atoms in total. The Morgan fingerprint density at radius 2 is 1.87 bits per heavy atom. The number of aromatic nitrogens is 1. The second-order valence-corrected chi connectivity index (χ2v) is 5.78. The van der Waals surface area contributed by atoms with Gasteiger partial charge in [-0.3, -0.25) is 4.79 Å². The van der Waals surface area contributed by atoms with Crippen molar-refractivity contribution >= 4 is 16.9 Å². The highest BCUT2D eigenvalue weighted by Crippen LogP contribution is 2.25. The van der Waals surface area contributed by atoms with Crippen molar-refractivity contribution in [3.8, 4) is 0 Å². The van der Waals surface area contributed by atoms with Crippen LogP contribution in [0, 0.1) is 6.92 Å². The zero-order chi connectivity index (χ0) is 16.2. The summed E-state index contributed by atoms with van der Waals surface area (Å²) in [5.74, 6) is -0.164. The molecule has 0 aliphatic heterocycles. The maximum absolute atomic E-state index is 11.4. The second-order valence-electron chi connectivity index (χ2n) is 5.78. The summed E-state index contributed by atoms with van der Waals surface area (Å²) in [7, 11) is 1.43. The van der Waals surface area contributed by atoms with E-state index in [0.29, 0.717) is 12.8 Å². The SMILES string of the molecule is COC(=O)CCc1cccc2c1cc(C)n2Cc1ccccc1. The van der Waals surface area contributed by atoms with Gasteiger partial charge < -0.3 is 9.30 Å². The number of benzene rings is 2. The van der Waals surface area contributed by atoms with Crippen LogP contribution in [0.2, 0.25) is 0 Å². The number of aryl methyl sites for hydroxylation is 2. The van der Waals surface area contributed by atoms with Gasteiger partial charge >= 0.3 is 5.97 Å². The normalized spacial score (nSPS) is 10.9. The second kappa shape index (κ2) is 6.69. The first kappa shape index (κ1) is 15.3. The molecule has 0 unspecified atom stereocenters. The van der Waals surface area contributed by atoms with Gasteiger partial charge in [0.2, 0.25) is 0 Å². The Balaban J connectivity index is 1.94. The molecule has 0 atom stereocenters. The monoisotopic (exact) mass is 307 g/mol. The topological polar surface area (TPSA) is 31.2 Å². The Bertz CT molecular complexity index is 818. The Morgan fingerprint density at radius 1 is 1.09 bits per heavy atom. The highest BCUT2D eigenvalue weighted by molar-refractivity contribution is 5.85. The lowest BCUT2D eigenvalue weighted by atomic mass is 10.1.